The summed E-state index contributed by atoms with van der Waals surface area (Å²) >= 11 is 1.60. The molecule has 2 aromatic heterocycles. The molecule has 0 spiro atoms. The highest BCUT2D eigenvalue weighted by Crippen LogP contribution is 2.26. The van der Waals surface area contributed by atoms with Gasteiger partial charge in [-0.2, -0.15) is 0 Å². The van der Waals surface area contributed by atoms with Crippen molar-refractivity contribution < 1.29 is 4.79 Å². The number of pyridine rings is 1. The molecule has 18 heavy (non-hydrogen) atoms. The van der Waals surface area contributed by atoms with Gasteiger partial charge in [0.1, 0.15) is 0 Å². The molecule has 0 bridgehead atoms. The van der Waals surface area contributed by atoms with Crippen LogP contribution in [0.2, 0.25) is 0 Å². The van der Waals surface area contributed by atoms with E-state index in [1.165, 1.54) is 0 Å². The number of benzene rings is 1. The second-order valence-corrected chi connectivity index (χ2v) is 5.03. The predicted octanol–water partition coefficient (Wildman–Crippen LogP) is 3.84. The first-order valence-electron chi connectivity index (χ1n) is 5.70. The van der Waals surface area contributed by atoms with Gasteiger partial charge in [0, 0.05) is 27.7 Å². The van der Waals surface area contributed by atoms with Crippen molar-refractivity contribution in [3.63, 3.8) is 0 Å². The SMILES string of the molecule is Cc1ncccc1C(=O)c1cccc2ccsc12. The van der Waals surface area contributed by atoms with Gasteiger partial charge in [-0.1, -0.05) is 12.1 Å². The van der Waals surface area contributed by atoms with E-state index in [4.69, 9.17) is 0 Å². The lowest BCUT2D eigenvalue weighted by Crippen LogP contribution is -2.04. The fourth-order valence-corrected chi connectivity index (χ4v) is 2.95. The van der Waals surface area contributed by atoms with Crippen LogP contribution in [0.5, 0.6) is 0 Å². The van der Waals surface area contributed by atoms with Gasteiger partial charge < -0.3 is 0 Å². The molecular formula is C15H11NOS. The number of carbonyl (C=O) groups is 1. The van der Waals surface area contributed by atoms with Gasteiger partial charge in [0.05, 0.1) is 0 Å². The monoisotopic (exact) mass is 253 g/mol. The van der Waals surface area contributed by atoms with Gasteiger partial charge in [0.2, 0.25) is 0 Å². The minimum atomic E-state index is 0.0497. The van der Waals surface area contributed by atoms with Gasteiger partial charge in [-0.05, 0) is 42.0 Å². The van der Waals surface area contributed by atoms with E-state index in [0.717, 1.165) is 21.3 Å². The minimum absolute atomic E-state index is 0.0497. The molecule has 88 valence electrons. The first-order chi connectivity index (χ1) is 8.77. The van der Waals surface area contributed by atoms with Crippen molar-refractivity contribution in [1.29, 1.82) is 0 Å². The van der Waals surface area contributed by atoms with Gasteiger partial charge in [-0.15, -0.1) is 11.3 Å². The van der Waals surface area contributed by atoms with Gasteiger partial charge in [0.25, 0.3) is 0 Å². The van der Waals surface area contributed by atoms with Crippen molar-refractivity contribution in [2.45, 2.75) is 6.92 Å². The summed E-state index contributed by atoms with van der Waals surface area (Å²) in [6.45, 7) is 1.86. The topological polar surface area (TPSA) is 30.0 Å². The maximum Gasteiger partial charge on any atom is 0.196 e. The zero-order valence-corrected chi connectivity index (χ0v) is 10.7. The summed E-state index contributed by atoms with van der Waals surface area (Å²) in [5.41, 5.74) is 2.22. The van der Waals surface area contributed by atoms with Crippen LogP contribution in [0, 0.1) is 6.92 Å². The fourth-order valence-electron chi connectivity index (χ4n) is 2.04. The van der Waals surface area contributed by atoms with Crippen LogP contribution in [-0.4, -0.2) is 10.8 Å². The molecule has 3 rings (SSSR count). The van der Waals surface area contributed by atoms with Crippen LogP contribution in [0.25, 0.3) is 10.1 Å². The molecule has 1 aromatic carbocycles. The summed E-state index contributed by atoms with van der Waals surface area (Å²) < 4.78 is 1.05. The highest BCUT2D eigenvalue weighted by Gasteiger charge is 2.15. The Morgan fingerprint density at radius 1 is 1.11 bits per heavy atom. The Morgan fingerprint density at radius 3 is 2.78 bits per heavy atom. The van der Waals surface area contributed by atoms with Gasteiger partial charge >= 0.3 is 0 Å². The van der Waals surface area contributed by atoms with Crippen LogP contribution in [-0.2, 0) is 0 Å². The van der Waals surface area contributed by atoms with E-state index in [-0.39, 0.29) is 5.78 Å². The molecule has 3 heteroatoms. The number of carbonyl (C=O) groups excluding carboxylic acids is 1. The molecule has 0 radical (unpaired) electrons. The number of thiophene rings is 1. The Kier molecular flexibility index (Phi) is 2.68. The quantitative estimate of drug-likeness (QED) is 0.649. The lowest BCUT2D eigenvalue weighted by Gasteiger charge is -2.05. The maximum absolute atomic E-state index is 12.5. The van der Waals surface area contributed by atoms with E-state index < -0.39 is 0 Å². The van der Waals surface area contributed by atoms with Crippen LogP contribution < -0.4 is 0 Å². The molecule has 0 N–H and O–H groups in total. The van der Waals surface area contributed by atoms with E-state index in [0.29, 0.717) is 5.56 Å². The van der Waals surface area contributed by atoms with Crippen LogP contribution >= 0.6 is 11.3 Å². The van der Waals surface area contributed by atoms with Crippen LogP contribution in [0.3, 0.4) is 0 Å². The summed E-state index contributed by atoms with van der Waals surface area (Å²) in [4.78, 5) is 16.7. The normalized spacial score (nSPS) is 10.7. The average molecular weight is 253 g/mol. The highest BCUT2D eigenvalue weighted by molar-refractivity contribution is 7.17. The molecule has 2 heterocycles. The zero-order valence-electron chi connectivity index (χ0n) is 9.88. The smallest absolute Gasteiger partial charge is 0.196 e. The molecule has 0 saturated carbocycles. The van der Waals surface area contributed by atoms with Crippen molar-refractivity contribution in [2.75, 3.05) is 0 Å². The molecule has 0 fully saturated rings. The Labute approximate surface area is 109 Å². The molecule has 0 saturated heterocycles. The molecule has 0 amide bonds. The van der Waals surface area contributed by atoms with Crippen molar-refractivity contribution in [1.82, 2.24) is 4.98 Å². The number of fused-ring (bicyclic) bond motifs is 1. The van der Waals surface area contributed by atoms with Gasteiger partial charge in [0.15, 0.2) is 5.78 Å². The summed E-state index contributed by atoms with van der Waals surface area (Å²) in [6, 6.07) is 11.5. The predicted molar refractivity (Wildman–Crippen MR) is 74.2 cm³/mol. The summed E-state index contributed by atoms with van der Waals surface area (Å²) in [7, 11) is 0. The van der Waals surface area contributed by atoms with Crippen molar-refractivity contribution in [3.05, 3.63) is 64.8 Å². The number of rotatable bonds is 2. The Balaban J connectivity index is 2.18. The average Bonchev–Trinajstić information content (AvgIpc) is 2.86. The minimum Gasteiger partial charge on any atom is -0.288 e. The molecule has 0 atom stereocenters. The second-order valence-electron chi connectivity index (χ2n) is 4.11. The summed E-state index contributed by atoms with van der Waals surface area (Å²) in [5, 5.41) is 3.13. The third kappa shape index (κ3) is 1.73. The first-order valence-corrected chi connectivity index (χ1v) is 6.58. The van der Waals surface area contributed by atoms with Gasteiger partial charge in [-0.25, -0.2) is 0 Å². The highest BCUT2D eigenvalue weighted by atomic mass is 32.1. The lowest BCUT2D eigenvalue weighted by atomic mass is 10.0. The van der Waals surface area contributed by atoms with Crippen LogP contribution in [0.4, 0.5) is 0 Å². The van der Waals surface area contributed by atoms with E-state index >= 15 is 0 Å². The maximum atomic E-state index is 12.5. The summed E-state index contributed by atoms with van der Waals surface area (Å²) in [6.07, 6.45) is 1.71. The van der Waals surface area contributed by atoms with E-state index in [9.17, 15) is 4.79 Å². The molecule has 2 nitrogen and oxygen atoms in total. The molecular weight excluding hydrogens is 242 g/mol. The Morgan fingerprint density at radius 2 is 1.94 bits per heavy atom. The van der Waals surface area contributed by atoms with Crippen molar-refractivity contribution >= 4 is 27.2 Å². The fraction of sp³-hybridized carbons (Fsp3) is 0.0667. The molecule has 3 aromatic rings. The molecule has 0 aliphatic rings. The number of hydrogen-bond donors (Lipinski definition) is 0. The van der Waals surface area contributed by atoms with E-state index in [1.807, 2.05) is 42.6 Å². The molecule has 0 aliphatic carbocycles. The van der Waals surface area contributed by atoms with Gasteiger partial charge in [-0.3, -0.25) is 9.78 Å². The number of hydrogen-bond acceptors (Lipinski definition) is 3. The van der Waals surface area contributed by atoms with Crippen LogP contribution in [0.1, 0.15) is 21.6 Å². The largest absolute Gasteiger partial charge is 0.288 e. The zero-order chi connectivity index (χ0) is 12.5. The summed E-state index contributed by atoms with van der Waals surface area (Å²) in [5.74, 6) is 0.0497. The third-order valence-corrected chi connectivity index (χ3v) is 3.94. The second kappa shape index (κ2) is 4.35. The Hall–Kier alpha value is -2.00. The third-order valence-electron chi connectivity index (χ3n) is 2.98. The lowest BCUT2D eigenvalue weighted by molar-refractivity contribution is 0.103. The molecule has 0 unspecified atom stereocenters. The first kappa shape index (κ1) is 11.1. The number of aromatic nitrogens is 1. The van der Waals surface area contributed by atoms with Crippen LogP contribution in [0.15, 0.2) is 48.0 Å². The molecule has 0 aliphatic heterocycles. The van der Waals surface area contributed by atoms with Crippen molar-refractivity contribution in [2.24, 2.45) is 0 Å². The van der Waals surface area contributed by atoms with E-state index in [1.54, 1.807) is 23.6 Å². The standard InChI is InChI=1S/C15H11NOS/c1-10-12(6-3-8-16-10)14(17)13-5-2-4-11-7-9-18-15(11)13/h2-9H,1H3. The Bertz CT molecular complexity index is 730. The van der Waals surface area contributed by atoms with Crippen molar-refractivity contribution in [3.8, 4) is 0 Å². The number of aryl methyl sites for hydroxylation is 1. The number of nitrogens with zero attached hydrogens (tertiary/aromatic N) is 1. The number of ketones is 1. The van der Waals surface area contributed by atoms with E-state index in [2.05, 4.69) is 4.98 Å².